The van der Waals surface area contributed by atoms with E-state index in [1.807, 2.05) is 13.8 Å². The first-order chi connectivity index (χ1) is 13.4. The Morgan fingerprint density at radius 1 is 1.04 bits per heavy atom. The van der Waals surface area contributed by atoms with Gasteiger partial charge in [-0.25, -0.2) is 13.6 Å². The summed E-state index contributed by atoms with van der Waals surface area (Å²) in [6.45, 7) is 3.63. The maximum atomic E-state index is 13.2. The van der Waals surface area contributed by atoms with Crippen LogP contribution in [0.15, 0.2) is 47.3 Å². The molecule has 3 aromatic rings. The van der Waals surface area contributed by atoms with E-state index in [-0.39, 0.29) is 24.0 Å². The molecule has 0 bridgehead atoms. The van der Waals surface area contributed by atoms with Gasteiger partial charge in [0.2, 0.25) is 0 Å². The van der Waals surface area contributed by atoms with Gasteiger partial charge in [0, 0.05) is 7.05 Å². The van der Waals surface area contributed by atoms with Crippen LogP contribution in [-0.4, -0.2) is 25.9 Å². The van der Waals surface area contributed by atoms with E-state index in [1.165, 1.54) is 25.2 Å². The molecule has 0 saturated carbocycles. The Kier molecular flexibility index (Phi) is 5.72. The van der Waals surface area contributed by atoms with E-state index in [1.54, 1.807) is 24.3 Å². The average molecular weight is 390 g/mol. The van der Waals surface area contributed by atoms with Crippen LogP contribution in [0.5, 0.6) is 11.5 Å². The van der Waals surface area contributed by atoms with Gasteiger partial charge < -0.3 is 9.47 Å². The molecule has 0 aliphatic carbocycles. The zero-order valence-electron chi connectivity index (χ0n) is 15.7. The monoisotopic (exact) mass is 390 g/mol. The van der Waals surface area contributed by atoms with Crippen molar-refractivity contribution < 1.29 is 18.3 Å². The van der Waals surface area contributed by atoms with Gasteiger partial charge in [0.1, 0.15) is 18.1 Å². The zero-order chi connectivity index (χ0) is 20.3. The minimum atomic E-state index is -2.67. The summed E-state index contributed by atoms with van der Waals surface area (Å²) in [7, 11) is 1.48. The summed E-state index contributed by atoms with van der Waals surface area (Å²) in [6, 6.07) is 11.0. The number of ether oxygens (including phenoxy) is 2. The van der Waals surface area contributed by atoms with Crippen LogP contribution in [0.1, 0.15) is 31.4 Å². The van der Waals surface area contributed by atoms with E-state index in [0.717, 1.165) is 9.36 Å². The van der Waals surface area contributed by atoms with Gasteiger partial charge in [0.15, 0.2) is 0 Å². The van der Waals surface area contributed by atoms with Crippen molar-refractivity contribution in [1.82, 2.24) is 19.8 Å². The van der Waals surface area contributed by atoms with Crippen molar-refractivity contribution in [2.45, 2.75) is 33.0 Å². The molecule has 0 atom stereocenters. The van der Waals surface area contributed by atoms with Gasteiger partial charge in [0.25, 0.3) is 6.43 Å². The van der Waals surface area contributed by atoms with Crippen LogP contribution in [0.2, 0.25) is 0 Å². The van der Waals surface area contributed by atoms with E-state index in [4.69, 9.17) is 9.47 Å². The first-order valence-corrected chi connectivity index (χ1v) is 8.66. The molecule has 0 amide bonds. The number of nitrogens with zero attached hydrogens (tertiary/aromatic N) is 4. The van der Waals surface area contributed by atoms with Gasteiger partial charge in [0.05, 0.1) is 22.9 Å². The lowest BCUT2D eigenvalue weighted by atomic mass is 10.1. The predicted molar refractivity (Wildman–Crippen MR) is 98.1 cm³/mol. The number of para-hydroxylation sites is 1. The lowest BCUT2D eigenvalue weighted by Crippen LogP contribution is -2.23. The Labute approximate surface area is 160 Å². The number of rotatable bonds is 7. The first kappa shape index (κ1) is 19.5. The quantitative estimate of drug-likeness (QED) is 0.619. The van der Waals surface area contributed by atoms with E-state index >= 15 is 0 Å². The number of tetrazole rings is 1. The van der Waals surface area contributed by atoms with Gasteiger partial charge in [-0.15, -0.1) is 0 Å². The summed E-state index contributed by atoms with van der Waals surface area (Å²) >= 11 is 0. The number of halogens is 2. The molecule has 148 valence electrons. The molecule has 0 aliphatic heterocycles. The van der Waals surface area contributed by atoms with Gasteiger partial charge >= 0.3 is 5.69 Å². The maximum Gasteiger partial charge on any atom is 0.368 e. The topological polar surface area (TPSA) is 71.2 Å². The normalized spacial score (nSPS) is 11.2. The van der Waals surface area contributed by atoms with E-state index < -0.39 is 12.1 Å². The Bertz CT molecular complexity index is 1010. The lowest BCUT2D eigenvalue weighted by molar-refractivity contribution is 0.144. The number of alkyl halides is 2. The van der Waals surface area contributed by atoms with Crippen LogP contribution in [-0.2, 0) is 13.7 Å². The predicted octanol–water partition coefficient (Wildman–Crippen LogP) is 3.27. The Balaban J connectivity index is 2.03. The second-order valence-corrected chi connectivity index (χ2v) is 6.34. The second kappa shape index (κ2) is 8.20. The molecule has 0 unspecified atom stereocenters. The van der Waals surface area contributed by atoms with Gasteiger partial charge in [-0.05, 0) is 48.5 Å². The summed E-state index contributed by atoms with van der Waals surface area (Å²) in [5, 5.41) is 7.57. The summed E-state index contributed by atoms with van der Waals surface area (Å²) in [4.78, 5) is 12.3. The molecular weight excluding hydrogens is 370 g/mol. The Morgan fingerprint density at radius 3 is 2.39 bits per heavy atom. The maximum absolute atomic E-state index is 13.2. The summed E-state index contributed by atoms with van der Waals surface area (Å²) in [6.07, 6.45) is -2.80. The van der Waals surface area contributed by atoms with Crippen molar-refractivity contribution in [2.75, 3.05) is 0 Å². The van der Waals surface area contributed by atoms with Crippen LogP contribution in [0, 0.1) is 0 Å². The highest BCUT2D eigenvalue weighted by Crippen LogP contribution is 2.31. The van der Waals surface area contributed by atoms with Crippen molar-refractivity contribution in [2.24, 2.45) is 7.05 Å². The molecule has 2 aromatic carbocycles. The molecule has 0 N–H and O–H groups in total. The number of hydrogen-bond acceptors (Lipinski definition) is 5. The highest BCUT2D eigenvalue weighted by atomic mass is 19.3. The Morgan fingerprint density at radius 2 is 1.75 bits per heavy atom. The van der Waals surface area contributed by atoms with Crippen LogP contribution >= 0.6 is 0 Å². The fourth-order valence-electron chi connectivity index (χ4n) is 2.67. The molecule has 0 aliphatic rings. The summed E-state index contributed by atoms with van der Waals surface area (Å²) in [5.41, 5.74) is 0.257. The number of aryl methyl sites for hydroxylation is 1. The van der Waals surface area contributed by atoms with Crippen LogP contribution in [0.3, 0.4) is 0 Å². The minimum absolute atomic E-state index is 0.0642. The third-order valence-corrected chi connectivity index (χ3v) is 3.95. The van der Waals surface area contributed by atoms with E-state index in [2.05, 4.69) is 10.4 Å². The van der Waals surface area contributed by atoms with Crippen LogP contribution in [0.4, 0.5) is 8.78 Å². The smallest absolute Gasteiger partial charge is 0.368 e. The third-order valence-electron chi connectivity index (χ3n) is 3.95. The third kappa shape index (κ3) is 4.03. The molecule has 0 radical (unpaired) electrons. The van der Waals surface area contributed by atoms with Crippen molar-refractivity contribution in [1.29, 1.82) is 0 Å². The van der Waals surface area contributed by atoms with E-state index in [9.17, 15) is 13.6 Å². The number of aromatic nitrogens is 4. The largest absolute Gasteiger partial charge is 0.491 e. The van der Waals surface area contributed by atoms with Crippen molar-refractivity contribution >= 4 is 0 Å². The molecule has 0 spiro atoms. The molecule has 0 fully saturated rings. The van der Waals surface area contributed by atoms with Crippen LogP contribution in [0.25, 0.3) is 5.69 Å². The minimum Gasteiger partial charge on any atom is -0.491 e. The van der Waals surface area contributed by atoms with Gasteiger partial charge in [-0.3, -0.25) is 0 Å². The fourth-order valence-corrected chi connectivity index (χ4v) is 2.67. The van der Waals surface area contributed by atoms with Crippen molar-refractivity contribution in [3.05, 3.63) is 64.1 Å². The lowest BCUT2D eigenvalue weighted by Gasteiger charge is -2.18. The molecule has 9 heteroatoms. The Hall–Kier alpha value is -3.23. The SMILES string of the molecule is CC(C)Oc1cccc(-n2nnn(C)c2=O)c1COc1ccccc1C(F)F. The van der Waals surface area contributed by atoms with Crippen LogP contribution < -0.4 is 15.2 Å². The summed E-state index contributed by atoms with van der Waals surface area (Å²) in [5.74, 6) is 0.536. The van der Waals surface area contributed by atoms with Crippen molar-refractivity contribution in [3.63, 3.8) is 0 Å². The highest BCUT2D eigenvalue weighted by molar-refractivity contribution is 5.49. The first-order valence-electron chi connectivity index (χ1n) is 8.66. The molecule has 7 nitrogen and oxygen atoms in total. The fraction of sp³-hybridized carbons (Fsp3) is 0.316. The molecule has 3 rings (SSSR count). The number of hydrogen-bond donors (Lipinski definition) is 0. The standard InChI is InChI=1S/C19H20F2N4O3/c1-12(2)28-17-10-6-8-15(25-19(26)24(3)22-23-25)14(17)11-27-16-9-5-4-7-13(16)18(20)21/h4-10,12,18H,11H2,1-3H3. The molecule has 28 heavy (non-hydrogen) atoms. The highest BCUT2D eigenvalue weighted by Gasteiger charge is 2.19. The molecule has 0 saturated heterocycles. The second-order valence-electron chi connectivity index (χ2n) is 6.34. The van der Waals surface area contributed by atoms with Gasteiger partial charge in [-0.1, -0.05) is 18.2 Å². The average Bonchev–Trinajstić information content (AvgIpc) is 2.99. The zero-order valence-corrected chi connectivity index (χ0v) is 15.7. The van der Waals surface area contributed by atoms with Crippen molar-refractivity contribution in [3.8, 4) is 17.2 Å². The molecular formula is C19H20F2N4O3. The summed E-state index contributed by atoms with van der Waals surface area (Å²) < 4.78 is 40.2. The van der Waals surface area contributed by atoms with Gasteiger partial charge in [-0.2, -0.15) is 9.36 Å². The number of benzene rings is 2. The molecule has 1 aromatic heterocycles. The molecule has 1 heterocycles. The van der Waals surface area contributed by atoms with E-state index in [0.29, 0.717) is 17.0 Å².